The van der Waals surface area contributed by atoms with Crippen molar-refractivity contribution in [3.8, 4) is 0 Å². The van der Waals surface area contributed by atoms with Gasteiger partial charge in [0.1, 0.15) is 67.1 Å². The van der Waals surface area contributed by atoms with Crippen LogP contribution >= 0.6 is 12.6 Å². The average Bonchev–Trinajstić information content (AvgIpc) is 2.85. The van der Waals surface area contributed by atoms with Gasteiger partial charge in [0.05, 0.1) is 19.3 Å². The summed E-state index contributed by atoms with van der Waals surface area (Å²) in [5.74, 6) is 0.0142. The van der Waals surface area contributed by atoms with Gasteiger partial charge in [-0.3, -0.25) is 0 Å². The third kappa shape index (κ3) is 6.09. The van der Waals surface area contributed by atoms with E-state index in [4.69, 9.17) is 28.4 Å². The predicted octanol–water partition coefficient (Wildman–Crippen LogP) is -5.98. The second-order valence-electron chi connectivity index (χ2n) is 8.59. The molecule has 0 spiro atoms. The summed E-state index contributed by atoms with van der Waals surface area (Å²) in [5, 5.41) is 90.9. The molecule has 0 radical (unpaired) electrons. The van der Waals surface area contributed by atoms with E-state index >= 15 is 0 Å². The van der Waals surface area contributed by atoms with E-state index < -0.39 is 105 Å². The Morgan fingerprint density at radius 1 is 0.629 bits per heavy atom. The Hall–Kier alpha value is -0.250. The van der Waals surface area contributed by atoms with Crippen LogP contribution in [0.3, 0.4) is 0 Å². The van der Waals surface area contributed by atoms with E-state index in [2.05, 4.69) is 12.6 Å². The van der Waals surface area contributed by atoms with Gasteiger partial charge in [0.25, 0.3) is 0 Å². The highest BCUT2D eigenvalue weighted by molar-refractivity contribution is 7.80. The van der Waals surface area contributed by atoms with Gasteiger partial charge >= 0.3 is 0 Å². The Morgan fingerprint density at radius 2 is 1.17 bits per heavy atom. The molecule has 3 aliphatic heterocycles. The van der Waals surface area contributed by atoms with E-state index in [1.54, 1.807) is 0 Å². The largest absolute Gasteiger partial charge is 0.394 e. The van der Waals surface area contributed by atoms with E-state index in [1.807, 2.05) is 0 Å². The highest BCUT2D eigenvalue weighted by atomic mass is 32.1. The second kappa shape index (κ2) is 12.5. The Morgan fingerprint density at radius 3 is 1.74 bits per heavy atom. The summed E-state index contributed by atoms with van der Waals surface area (Å²) in [7, 11) is 1.21. The zero-order valence-electron chi connectivity index (χ0n) is 18.7. The van der Waals surface area contributed by atoms with Crippen LogP contribution in [0.15, 0.2) is 0 Å². The second-order valence-corrected chi connectivity index (χ2v) is 8.95. The van der Waals surface area contributed by atoms with Crippen LogP contribution in [0.2, 0.25) is 0 Å². The van der Waals surface area contributed by atoms with Crippen LogP contribution in [0.4, 0.5) is 0 Å². The van der Waals surface area contributed by atoms with Crippen molar-refractivity contribution in [3.63, 3.8) is 0 Å². The molecule has 3 aliphatic rings. The quantitative estimate of drug-likeness (QED) is 0.130. The van der Waals surface area contributed by atoms with Crippen molar-refractivity contribution in [1.29, 1.82) is 0 Å². The van der Waals surface area contributed by atoms with Crippen LogP contribution < -0.4 is 0 Å². The Balaban J connectivity index is 1.69. The molecular formula is C19H34O15S. The van der Waals surface area contributed by atoms with E-state index in [1.165, 1.54) is 7.11 Å². The van der Waals surface area contributed by atoms with Gasteiger partial charge in [0.2, 0.25) is 0 Å². The molecule has 0 unspecified atom stereocenters. The normalized spacial score (nSPS) is 51.3. The van der Waals surface area contributed by atoms with Gasteiger partial charge in [-0.05, 0) is 0 Å². The Labute approximate surface area is 205 Å². The van der Waals surface area contributed by atoms with Crippen LogP contribution in [0.1, 0.15) is 0 Å². The lowest BCUT2D eigenvalue weighted by atomic mass is 9.97. The third-order valence-corrected chi connectivity index (χ3v) is 6.65. The Bertz CT molecular complexity index is 658. The van der Waals surface area contributed by atoms with E-state index in [0.717, 1.165) is 0 Å². The maximum absolute atomic E-state index is 10.8. The summed E-state index contributed by atoms with van der Waals surface area (Å²) in [6, 6.07) is 0. The number of thiol groups is 1. The summed E-state index contributed by atoms with van der Waals surface area (Å²) in [5.41, 5.74) is 0. The maximum atomic E-state index is 10.8. The first-order valence-electron chi connectivity index (χ1n) is 11.0. The SMILES string of the molecule is CO[C@@H]1O[C@H](CO[C@H]2O[C@H](CS)[C@@H](O)[C@H](O)[C@@H]2O)[C@@H](O)[C@H](O[C@H]2O[C@H](CO)[C@@H](O)[C@H](O)[C@@H]2O)[C@@H]1O. The number of hydrogen-bond acceptors (Lipinski definition) is 16. The van der Waals surface area contributed by atoms with Crippen molar-refractivity contribution >= 4 is 12.6 Å². The number of hydrogen-bond donors (Lipinski definition) is 10. The summed E-state index contributed by atoms with van der Waals surface area (Å²) in [6.07, 6.45) is -22.5. The summed E-state index contributed by atoms with van der Waals surface area (Å²) >= 11 is 4.02. The minimum Gasteiger partial charge on any atom is -0.394 e. The van der Waals surface area contributed by atoms with Gasteiger partial charge in [0, 0.05) is 12.9 Å². The van der Waals surface area contributed by atoms with Crippen molar-refractivity contribution in [2.24, 2.45) is 0 Å². The van der Waals surface area contributed by atoms with Gasteiger partial charge in [-0.1, -0.05) is 0 Å². The first kappa shape index (κ1) is 29.3. The smallest absolute Gasteiger partial charge is 0.187 e. The molecule has 35 heavy (non-hydrogen) atoms. The zero-order chi connectivity index (χ0) is 26.0. The molecule has 0 aromatic heterocycles. The molecule has 3 heterocycles. The number of aliphatic hydroxyl groups excluding tert-OH is 9. The molecule has 3 fully saturated rings. The predicted molar refractivity (Wildman–Crippen MR) is 113 cm³/mol. The topological polar surface area (TPSA) is 237 Å². The summed E-state index contributed by atoms with van der Waals surface area (Å²) in [6.45, 7) is -1.18. The highest BCUT2D eigenvalue weighted by Gasteiger charge is 2.51. The van der Waals surface area contributed by atoms with Crippen LogP contribution in [-0.4, -0.2) is 164 Å². The van der Waals surface area contributed by atoms with Crippen LogP contribution in [0.5, 0.6) is 0 Å². The van der Waals surface area contributed by atoms with Crippen LogP contribution in [0, 0.1) is 0 Å². The molecule has 16 heteroatoms. The first-order chi connectivity index (χ1) is 16.5. The number of aliphatic hydroxyl groups is 9. The standard InChI is InChI=1S/C19H34O15S/c1-29-17-15(28)16(34-19-14(27)11(24)8(21)5(2-20)31-19)10(23)6(32-17)3-30-18-13(26)12(25)9(22)7(4-35)33-18/h5-28,35H,2-4H2,1H3/t5-,6-,7-,8-,9-,10-,11+,12+,13+,14+,15+,16+,17-,18+,19-/m1/s1. The van der Waals surface area contributed by atoms with Gasteiger partial charge < -0.3 is 74.4 Å². The molecule has 0 saturated carbocycles. The molecule has 15 atom stereocenters. The van der Waals surface area contributed by atoms with Gasteiger partial charge in [0.15, 0.2) is 18.9 Å². The van der Waals surface area contributed by atoms with Crippen LogP contribution in [-0.2, 0) is 28.4 Å². The number of methoxy groups -OCH3 is 1. The lowest BCUT2D eigenvalue weighted by molar-refractivity contribution is -0.363. The summed E-state index contributed by atoms with van der Waals surface area (Å²) in [4.78, 5) is 0. The molecule has 0 amide bonds. The number of ether oxygens (including phenoxy) is 6. The van der Waals surface area contributed by atoms with E-state index in [9.17, 15) is 46.0 Å². The van der Waals surface area contributed by atoms with Crippen molar-refractivity contribution < 1.29 is 74.4 Å². The first-order valence-corrected chi connectivity index (χ1v) is 11.6. The maximum Gasteiger partial charge on any atom is 0.187 e. The van der Waals surface area contributed by atoms with Crippen molar-refractivity contribution in [2.75, 3.05) is 26.1 Å². The van der Waals surface area contributed by atoms with Gasteiger partial charge in [-0.15, -0.1) is 0 Å². The average molecular weight is 535 g/mol. The van der Waals surface area contributed by atoms with Crippen molar-refractivity contribution in [3.05, 3.63) is 0 Å². The molecule has 9 N–H and O–H groups in total. The summed E-state index contributed by atoms with van der Waals surface area (Å²) < 4.78 is 32.2. The molecule has 206 valence electrons. The molecule has 0 aliphatic carbocycles. The fraction of sp³-hybridized carbons (Fsp3) is 1.00. The zero-order valence-corrected chi connectivity index (χ0v) is 19.6. The molecular weight excluding hydrogens is 500 g/mol. The monoisotopic (exact) mass is 534 g/mol. The fourth-order valence-corrected chi connectivity index (χ4v) is 4.43. The lowest BCUT2D eigenvalue weighted by Gasteiger charge is -2.46. The fourth-order valence-electron chi connectivity index (χ4n) is 4.13. The van der Waals surface area contributed by atoms with Crippen molar-refractivity contribution in [1.82, 2.24) is 0 Å². The Kier molecular flexibility index (Phi) is 10.5. The molecule has 15 nitrogen and oxygen atoms in total. The molecule has 3 rings (SSSR count). The number of rotatable bonds is 8. The molecule has 0 bridgehead atoms. The third-order valence-electron chi connectivity index (χ3n) is 6.29. The molecule has 3 saturated heterocycles. The minimum absolute atomic E-state index is 0.0142. The minimum atomic E-state index is -1.79. The molecule has 0 aromatic carbocycles. The highest BCUT2D eigenvalue weighted by Crippen LogP contribution is 2.30. The molecule has 0 aromatic rings. The van der Waals surface area contributed by atoms with Crippen molar-refractivity contribution in [2.45, 2.75) is 92.1 Å². The van der Waals surface area contributed by atoms with Gasteiger partial charge in [-0.2, -0.15) is 12.6 Å². The van der Waals surface area contributed by atoms with Crippen LogP contribution in [0.25, 0.3) is 0 Å². The van der Waals surface area contributed by atoms with Gasteiger partial charge in [-0.25, -0.2) is 0 Å². The van der Waals surface area contributed by atoms with E-state index in [0.29, 0.717) is 0 Å². The van der Waals surface area contributed by atoms with E-state index in [-0.39, 0.29) is 5.75 Å². The lowest BCUT2D eigenvalue weighted by Crippen LogP contribution is -2.65.